The highest BCUT2D eigenvalue weighted by molar-refractivity contribution is 7.80. The molecule has 0 aliphatic carbocycles. The van der Waals surface area contributed by atoms with Crippen molar-refractivity contribution < 1.29 is 4.74 Å². The molecule has 200 valence electrons. The van der Waals surface area contributed by atoms with Crippen LogP contribution >= 0.6 is 12.2 Å². The zero-order valence-electron chi connectivity index (χ0n) is 22.3. The van der Waals surface area contributed by atoms with Gasteiger partial charge in [-0.2, -0.15) is 9.97 Å². The zero-order chi connectivity index (χ0) is 25.5. The van der Waals surface area contributed by atoms with Crippen molar-refractivity contribution in [2.45, 2.75) is 63.7 Å². The summed E-state index contributed by atoms with van der Waals surface area (Å²) in [7, 11) is 0. The Hall–Kier alpha value is -2.45. The van der Waals surface area contributed by atoms with Gasteiger partial charge in [0.2, 0.25) is 5.95 Å². The van der Waals surface area contributed by atoms with Crippen molar-refractivity contribution in [1.82, 2.24) is 15.3 Å². The summed E-state index contributed by atoms with van der Waals surface area (Å²) in [6.07, 6.45) is 9.47. The van der Waals surface area contributed by atoms with Crippen LogP contribution in [0.4, 0.5) is 17.6 Å². The van der Waals surface area contributed by atoms with E-state index in [2.05, 4.69) is 63.8 Å². The molecule has 2 aromatic rings. The third-order valence-corrected chi connectivity index (χ3v) is 8.51. The van der Waals surface area contributed by atoms with Gasteiger partial charge in [-0.25, -0.2) is 0 Å². The van der Waals surface area contributed by atoms with E-state index in [1.807, 2.05) is 0 Å². The number of nitrogens with zero attached hydrogens (tertiary/aromatic N) is 4. The fraction of sp³-hybridized carbons (Fsp3) is 0.621. The maximum atomic E-state index is 5.78. The molecule has 37 heavy (non-hydrogen) atoms. The Morgan fingerprint density at radius 1 is 0.973 bits per heavy atom. The van der Waals surface area contributed by atoms with Crippen molar-refractivity contribution in [3.05, 3.63) is 42.0 Å². The standard InChI is InChI=1S/C29H42N6OS/c1-23-10-9-17-35(21-23)26-20-25(34-15-7-2-3-8-16-34)31-27(32-26)33-28(37)30-22-29(13-18-36-19-14-29)24-11-5-4-6-12-24/h4-6,11-12,20,23H,2-3,7-10,13-19,21-22H2,1H3,(H2,30,31,32,33,37). The van der Waals surface area contributed by atoms with Crippen molar-refractivity contribution in [2.24, 2.45) is 5.92 Å². The van der Waals surface area contributed by atoms with E-state index >= 15 is 0 Å². The van der Waals surface area contributed by atoms with Crippen molar-refractivity contribution >= 4 is 34.9 Å². The molecule has 1 atom stereocenters. The summed E-state index contributed by atoms with van der Waals surface area (Å²) < 4.78 is 5.70. The first-order valence-corrected chi connectivity index (χ1v) is 14.6. The van der Waals surface area contributed by atoms with Crippen molar-refractivity contribution in [1.29, 1.82) is 0 Å². The van der Waals surface area contributed by atoms with E-state index in [1.54, 1.807) is 0 Å². The normalized spacial score (nSPS) is 22.2. The summed E-state index contributed by atoms with van der Waals surface area (Å²) in [6, 6.07) is 13.0. The van der Waals surface area contributed by atoms with E-state index in [1.165, 1.54) is 44.1 Å². The van der Waals surface area contributed by atoms with Crippen LogP contribution in [0.1, 0.15) is 63.9 Å². The molecule has 3 aliphatic heterocycles. The zero-order valence-corrected chi connectivity index (χ0v) is 23.1. The predicted molar refractivity (Wildman–Crippen MR) is 156 cm³/mol. The van der Waals surface area contributed by atoms with Gasteiger partial charge in [-0.3, -0.25) is 0 Å². The lowest BCUT2D eigenvalue weighted by Crippen LogP contribution is -2.45. The van der Waals surface area contributed by atoms with E-state index in [9.17, 15) is 0 Å². The van der Waals surface area contributed by atoms with E-state index in [0.717, 1.165) is 70.4 Å². The first-order valence-electron chi connectivity index (χ1n) is 14.2. The molecule has 1 unspecified atom stereocenters. The highest BCUT2D eigenvalue weighted by atomic mass is 32.1. The van der Waals surface area contributed by atoms with Gasteiger partial charge >= 0.3 is 0 Å². The summed E-state index contributed by atoms with van der Waals surface area (Å²) in [5.41, 5.74) is 1.35. The number of ether oxygens (including phenoxy) is 1. The van der Waals surface area contributed by atoms with Gasteiger partial charge < -0.3 is 25.2 Å². The molecule has 0 saturated carbocycles. The summed E-state index contributed by atoms with van der Waals surface area (Å²) >= 11 is 5.78. The molecule has 8 heteroatoms. The molecule has 0 radical (unpaired) electrons. The highest BCUT2D eigenvalue weighted by Gasteiger charge is 2.34. The van der Waals surface area contributed by atoms with Gasteiger partial charge in [0.25, 0.3) is 0 Å². The Bertz CT molecular complexity index is 1000. The van der Waals surface area contributed by atoms with E-state index < -0.39 is 0 Å². The number of thiocarbonyl (C=S) groups is 1. The molecule has 5 rings (SSSR count). The highest BCUT2D eigenvalue weighted by Crippen LogP contribution is 2.34. The van der Waals surface area contributed by atoms with Crippen LogP contribution in [0.3, 0.4) is 0 Å². The second kappa shape index (κ2) is 12.4. The Balaban J connectivity index is 1.32. The lowest BCUT2D eigenvalue weighted by atomic mass is 9.74. The third-order valence-electron chi connectivity index (χ3n) is 8.26. The summed E-state index contributed by atoms with van der Waals surface area (Å²) in [5.74, 6) is 3.29. The lowest BCUT2D eigenvalue weighted by Gasteiger charge is -2.38. The fourth-order valence-electron chi connectivity index (χ4n) is 6.02. The van der Waals surface area contributed by atoms with Crippen LogP contribution in [-0.2, 0) is 10.2 Å². The van der Waals surface area contributed by atoms with Gasteiger partial charge in [0.05, 0.1) is 0 Å². The average Bonchev–Trinajstić information content (AvgIpc) is 3.23. The van der Waals surface area contributed by atoms with Gasteiger partial charge in [0.1, 0.15) is 11.6 Å². The number of nitrogens with one attached hydrogen (secondary N) is 2. The maximum Gasteiger partial charge on any atom is 0.232 e. The first kappa shape index (κ1) is 26.2. The number of rotatable bonds is 6. The number of hydrogen-bond donors (Lipinski definition) is 2. The lowest BCUT2D eigenvalue weighted by molar-refractivity contribution is 0.0515. The molecule has 7 nitrogen and oxygen atoms in total. The van der Waals surface area contributed by atoms with Gasteiger partial charge in [-0.05, 0) is 62.2 Å². The van der Waals surface area contributed by atoms with Gasteiger partial charge in [0.15, 0.2) is 5.11 Å². The van der Waals surface area contributed by atoms with Crippen LogP contribution in [-0.4, -0.2) is 61.0 Å². The predicted octanol–water partition coefficient (Wildman–Crippen LogP) is 5.13. The smallest absolute Gasteiger partial charge is 0.232 e. The fourth-order valence-corrected chi connectivity index (χ4v) is 6.18. The van der Waals surface area contributed by atoms with Crippen molar-refractivity contribution in [3.63, 3.8) is 0 Å². The van der Waals surface area contributed by atoms with Crippen LogP contribution in [0.25, 0.3) is 0 Å². The van der Waals surface area contributed by atoms with E-state index in [4.69, 9.17) is 26.9 Å². The molecule has 0 amide bonds. The monoisotopic (exact) mass is 522 g/mol. The summed E-state index contributed by atoms with van der Waals surface area (Å²) in [6.45, 7) is 8.83. The van der Waals surface area contributed by atoms with E-state index in [0.29, 0.717) is 17.0 Å². The van der Waals surface area contributed by atoms with Gasteiger partial charge in [-0.15, -0.1) is 0 Å². The number of aromatic nitrogens is 2. The van der Waals surface area contributed by atoms with Crippen LogP contribution in [0.5, 0.6) is 0 Å². The molecular weight excluding hydrogens is 480 g/mol. The van der Waals surface area contributed by atoms with Crippen LogP contribution in [0.2, 0.25) is 0 Å². The largest absolute Gasteiger partial charge is 0.381 e. The molecule has 3 aliphatic rings. The Morgan fingerprint density at radius 3 is 2.35 bits per heavy atom. The van der Waals surface area contributed by atoms with Crippen LogP contribution < -0.4 is 20.4 Å². The SMILES string of the molecule is CC1CCCN(c2cc(N3CCCCCC3)nc(NC(=S)NCC3(c4ccccc4)CCOCC3)n2)C1. The summed E-state index contributed by atoms with van der Waals surface area (Å²) in [5, 5.41) is 7.44. The second-order valence-electron chi connectivity index (χ2n) is 11.1. The van der Waals surface area contributed by atoms with Crippen LogP contribution in [0.15, 0.2) is 36.4 Å². The topological polar surface area (TPSA) is 65.5 Å². The van der Waals surface area contributed by atoms with Crippen molar-refractivity contribution in [3.8, 4) is 0 Å². The van der Waals surface area contributed by atoms with Gasteiger partial charge in [-0.1, -0.05) is 50.1 Å². The van der Waals surface area contributed by atoms with E-state index in [-0.39, 0.29) is 5.41 Å². The molecule has 3 fully saturated rings. The molecule has 0 spiro atoms. The Labute approximate surface area is 227 Å². The molecular formula is C29H42N6OS. The number of anilines is 3. The quantitative estimate of drug-likeness (QED) is 0.507. The maximum absolute atomic E-state index is 5.78. The van der Waals surface area contributed by atoms with Gasteiger partial charge in [0, 0.05) is 57.4 Å². The Morgan fingerprint density at radius 2 is 1.65 bits per heavy atom. The number of piperidine rings is 1. The minimum absolute atomic E-state index is 0.00903. The number of benzene rings is 1. The number of hydrogen-bond acceptors (Lipinski definition) is 6. The minimum Gasteiger partial charge on any atom is -0.381 e. The first-order chi connectivity index (χ1) is 18.1. The minimum atomic E-state index is 0.00903. The van der Waals surface area contributed by atoms with Crippen molar-refractivity contribution in [2.75, 3.05) is 61.1 Å². The second-order valence-corrected chi connectivity index (χ2v) is 11.5. The molecule has 1 aromatic carbocycles. The van der Waals surface area contributed by atoms with Crippen LogP contribution in [0, 0.1) is 5.92 Å². The Kier molecular flexibility index (Phi) is 8.77. The third kappa shape index (κ3) is 6.71. The molecule has 2 N–H and O–H groups in total. The molecule has 1 aromatic heterocycles. The average molecular weight is 523 g/mol. The molecule has 0 bridgehead atoms. The molecule has 4 heterocycles. The summed E-state index contributed by atoms with van der Waals surface area (Å²) in [4.78, 5) is 14.8. The molecule has 3 saturated heterocycles.